The fourth-order valence-corrected chi connectivity index (χ4v) is 3.56. The van der Waals surface area contributed by atoms with Crippen molar-refractivity contribution in [2.75, 3.05) is 31.9 Å². The van der Waals surface area contributed by atoms with Crippen molar-refractivity contribution in [2.24, 2.45) is 0 Å². The first-order chi connectivity index (χ1) is 13.8. The Kier molecular flexibility index (Phi) is 5.74. The van der Waals surface area contributed by atoms with E-state index in [0.29, 0.717) is 26.2 Å². The number of hydrogen-bond donors (Lipinski definition) is 3. The van der Waals surface area contributed by atoms with E-state index in [4.69, 9.17) is 22.7 Å². The van der Waals surface area contributed by atoms with Crippen molar-refractivity contribution in [3.8, 4) is 16.9 Å². The molecule has 1 heterocycles. The number of benzene rings is 2. The molecule has 29 heavy (non-hydrogen) atoms. The summed E-state index contributed by atoms with van der Waals surface area (Å²) in [6.07, 6.45) is 1.23. The molecule has 2 aromatic rings. The number of hydrogen-bond acceptors (Lipinski definition) is 4. The average Bonchev–Trinajstić information content (AvgIpc) is 2.71. The number of rotatable bonds is 3. The molecule has 6 nitrogen and oxygen atoms in total. The molecule has 9 heteroatoms. The van der Waals surface area contributed by atoms with Crippen LogP contribution in [0.4, 0.5) is 14.5 Å². The maximum atomic E-state index is 15.0. The number of phenolic OH excluding ortho intramolecular Hbond substituents is 1. The van der Waals surface area contributed by atoms with Gasteiger partial charge in [-0.2, -0.15) is 0 Å². The van der Waals surface area contributed by atoms with Gasteiger partial charge in [-0.1, -0.05) is 24.2 Å². The van der Waals surface area contributed by atoms with Gasteiger partial charge in [-0.3, -0.25) is 10.2 Å². The number of anilines is 1. The molecule has 0 aliphatic carbocycles. The Morgan fingerprint density at radius 3 is 2.41 bits per heavy atom. The van der Waals surface area contributed by atoms with Gasteiger partial charge in [-0.25, -0.2) is 8.78 Å². The summed E-state index contributed by atoms with van der Waals surface area (Å²) in [4.78, 5) is 14.9. The van der Waals surface area contributed by atoms with Crippen LogP contribution < -0.4 is 5.73 Å². The smallest absolute Gasteiger partial charge is 0.246 e. The molecule has 0 unspecified atom stereocenters. The van der Waals surface area contributed by atoms with Gasteiger partial charge in [-0.15, -0.1) is 0 Å². The summed E-state index contributed by atoms with van der Waals surface area (Å²) in [5.74, 6) is -2.60. The third kappa shape index (κ3) is 3.75. The number of nitrogen functional groups attached to an aromatic ring is 1. The highest BCUT2D eigenvalue weighted by Gasteiger charge is 2.27. The molecule has 152 valence electrons. The third-order valence-corrected chi connectivity index (χ3v) is 5.13. The number of amidine groups is 1. The maximum Gasteiger partial charge on any atom is 0.246 e. The number of nitrogens with one attached hydrogen (secondary N) is 1. The van der Waals surface area contributed by atoms with Crippen molar-refractivity contribution in [1.29, 1.82) is 5.41 Å². The minimum atomic E-state index is -1.02. The zero-order valence-corrected chi connectivity index (χ0v) is 16.1. The number of carbonyl (C=O) groups excluding carboxylic acids is 1. The fraction of sp³-hybridized carbons (Fsp3) is 0.200. The van der Waals surface area contributed by atoms with E-state index in [-0.39, 0.29) is 33.6 Å². The Balaban J connectivity index is 1.94. The largest absolute Gasteiger partial charge is 0.507 e. The number of piperazine rings is 1. The predicted octanol–water partition coefficient (Wildman–Crippen LogP) is 3.23. The van der Waals surface area contributed by atoms with Gasteiger partial charge in [-0.05, 0) is 24.3 Å². The van der Waals surface area contributed by atoms with Crippen molar-refractivity contribution in [1.82, 2.24) is 9.80 Å². The van der Waals surface area contributed by atoms with Gasteiger partial charge in [0.25, 0.3) is 0 Å². The van der Waals surface area contributed by atoms with E-state index in [0.717, 1.165) is 6.07 Å². The molecule has 1 amide bonds. The SMILES string of the molecule is C=CC(=O)N1CCN(C(=N)c2cc(Cl)c(-c3c(O)cccc3F)c(F)c2N)CC1. The fourth-order valence-electron chi connectivity index (χ4n) is 3.27. The van der Waals surface area contributed by atoms with E-state index in [2.05, 4.69) is 6.58 Å². The topological polar surface area (TPSA) is 93.7 Å². The van der Waals surface area contributed by atoms with Crippen LogP contribution in [0.15, 0.2) is 36.9 Å². The molecule has 1 aliphatic heterocycles. The lowest BCUT2D eigenvalue weighted by atomic mass is 9.99. The molecule has 0 saturated carbocycles. The van der Waals surface area contributed by atoms with Crippen molar-refractivity contribution in [3.63, 3.8) is 0 Å². The summed E-state index contributed by atoms with van der Waals surface area (Å²) in [7, 11) is 0. The summed E-state index contributed by atoms with van der Waals surface area (Å²) in [5.41, 5.74) is 4.83. The van der Waals surface area contributed by atoms with Crippen LogP contribution in [0.2, 0.25) is 5.02 Å². The van der Waals surface area contributed by atoms with Crippen LogP contribution in [0, 0.1) is 17.0 Å². The molecule has 0 bridgehead atoms. The van der Waals surface area contributed by atoms with Crippen LogP contribution in [-0.2, 0) is 4.79 Å². The van der Waals surface area contributed by atoms with Crippen LogP contribution in [0.5, 0.6) is 5.75 Å². The molecule has 2 aromatic carbocycles. The second kappa shape index (κ2) is 8.08. The molecule has 1 fully saturated rings. The highest BCUT2D eigenvalue weighted by molar-refractivity contribution is 6.34. The van der Waals surface area contributed by atoms with Crippen LogP contribution in [0.1, 0.15) is 5.56 Å². The lowest BCUT2D eigenvalue weighted by Crippen LogP contribution is -2.50. The van der Waals surface area contributed by atoms with Crippen molar-refractivity contribution >= 4 is 29.0 Å². The molecule has 4 N–H and O–H groups in total. The molecule has 0 atom stereocenters. The summed E-state index contributed by atoms with van der Waals surface area (Å²) in [6, 6.07) is 4.85. The number of nitrogens with two attached hydrogens (primary N) is 1. The van der Waals surface area contributed by atoms with Crippen molar-refractivity contribution < 1.29 is 18.7 Å². The average molecular weight is 421 g/mol. The van der Waals surface area contributed by atoms with Crippen molar-refractivity contribution in [2.45, 2.75) is 0 Å². The Morgan fingerprint density at radius 2 is 1.83 bits per heavy atom. The van der Waals surface area contributed by atoms with Gasteiger partial charge in [0.2, 0.25) is 5.91 Å². The molecule has 3 rings (SSSR count). The van der Waals surface area contributed by atoms with Gasteiger partial charge >= 0.3 is 0 Å². The van der Waals surface area contributed by atoms with Gasteiger partial charge in [0.15, 0.2) is 5.82 Å². The van der Waals surface area contributed by atoms with Crippen LogP contribution in [0.3, 0.4) is 0 Å². The Labute approximate surface area is 171 Å². The van der Waals surface area contributed by atoms with E-state index in [1.165, 1.54) is 24.3 Å². The van der Waals surface area contributed by atoms with E-state index in [1.54, 1.807) is 9.80 Å². The van der Waals surface area contributed by atoms with Gasteiger partial charge in [0.05, 0.1) is 16.3 Å². The highest BCUT2D eigenvalue weighted by Crippen LogP contribution is 2.41. The number of amides is 1. The first-order valence-electron chi connectivity index (χ1n) is 8.76. The Hall–Kier alpha value is -3.13. The number of aromatic hydroxyl groups is 1. The third-order valence-electron chi connectivity index (χ3n) is 4.83. The first kappa shape index (κ1) is 20.6. The molecule has 1 saturated heterocycles. The zero-order valence-electron chi connectivity index (χ0n) is 15.4. The minimum Gasteiger partial charge on any atom is -0.507 e. The lowest BCUT2D eigenvalue weighted by Gasteiger charge is -2.36. The molecular weight excluding hydrogens is 402 g/mol. The van der Waals surface area contributed by atoms with E-state index in [9.17, 15) is 14.3 Å². The normalized spacial score (nSPS) is 14.0. The summed E-state index contributed by atoms with van der Waals surface area (Å²) in [5, 5.41) is 18.2. The number of carbonyl (C=O) groups is 1. The number of halogens is 3. The summed E-state index contributed by atoms with van der Waals surface area (Å²) >= 11 is 6.20. The number of nitrogens with zero attached hydrogens (tertiary/aromatic N) is 2. The van der Waals surface area contributed by atoms with E-state index in [1.807, 2.05) is 0 Å². The lowest BCUT2D eigenvalue weighted by molar-refractivity contribution is -0.127. The molecule has 0 spiro atoms. The second-order valence-corrected chi connectivity index (χ2v) is 6.91. The van der Waals surface area contributed by atoms with E-state index >= 15 is 4.39 Å². The molecular formula is C20H19ClF2N4O2. The summed E-state index contributed by atoms with van der Waals surface area (Å²) < 4.78 is 29.2. The van der Waals surface area contributed by atoms with Crippen LogP contribution in [-0.4, -0.2) is 52.8 Å². The highest BCUT2D eigenvalue weighted by atomic mass is 35.5. The zero-order chi connectivity index (χ0) is 21.3. The molecule has 0 radical (unpaired) electrons. The van der Waals surface area contributed by atoms with Crippen molar-refractivity contribution in [3.05, 3.63) is 59.1 Å². The second-order valence-electron chi connectivity index (χ2n) is 6.51. The molecule has 1 aliphatic rings. The molecule has 0 aromatic heterocycles. The van der Waals surface area contributed by atoms with Gasteiger partial charge in [0.1, 0.15) is 17.4 Å². The maximum absolute atomic E-state index is 15.0. The monoisotopic (exact) mass is 420 g/mol. The quantitative estimate of drug-likeness (QED) is 0.307. The van der Waals surface area contributed by atoms with Crippen LogP contribution in [0.25, 0.3) is 11.1 Å². The Morgan fingerprint density at radius 1 is 1.21 bits per heavy atom. The van der Waals surface area contributed by atoms with Gasteiger partial charge in [0, 0.05) is 37.3 Å². The number of phenols is 1. The predicted molar refractivity (Wildman–Crippen MR) is 108 cm³/mol. The minimum absolute atomic E-state index is 0.0515. The van der Waals surface area contributed by atoms with E-state index < -0.39 is 22.9 Å². The Bertz CT molecular complexity index is 984. The first-order valence-corrected chi connectivity index (χ1v) is 9.14. The standard InChI is InChI=1S/C20H19ClF2N4O2/c1-2-15(29)26-6-8-27(9-7-26)20(25)11-10-12(21)16(18(23)19(11)24)17-13(22)4-3-5-14(17)28/h2-5,10,25,28H,1,6-9,24H2. The summed E-state index contributed by atoms with van der Waals surface area (Å²) in [6.45, 7) is 4.92. The van der Waals surface area contributed by atoms with Crippen LogP contribution >= 0.6 is 11.6 Å². The van der Waals surface area contributed by atoms with Gasteiger partial charge < -0.3 is 20.6 Å².